The third kappa shape index (κ3) is 3.79. The van der Waals surface area contributed by atoms with E-state index in [0.29, 0.717) is 31.8 Å². The first-order valence-electron chi connectivity index (χ1n) is 8.30. The Kier molecular flexibility index (Phi) is 5.45. The molecule has 2 aliphatic rings. The Morgan fingerprint density at radius 2 is 1.86 bits per heavy atom. The summed E-state index contributed by atoms with van der Waals surface area (Å²) >= 11 is 0. The van der Waals surface area contributed by atoms with Crippen molar-refractivity contribution in [1.29, 1.82) is 0 Å². The summed E-state index contributed by atoms with van der Waals surface area (Å²) in [6, 6.07) is -0.500. The predicted molar refractivity (Wildman–Crippen MR) is 84.3 cm³/mol. The third-order valence-corrected chi connectivity index (χ3v) is 5.50. The molecular formula is C16H29N3O3. The van der Waals surface area contributed by atoms with E-state index in [-0.39, 0.29) is 17.2 Å². The van der Waals surface area contributed by atoms with Crippen molar-refractivity contribution < 1.29 is 14.7 Å². The van der Waals surface area contributed by atoms with Crippen molar-refractivity contribution in [2.75, 3.05) is 26.2 Å². The Labute approximate surface area is 132 Å². The lowest BCUT2D eigenvalue weighted by atomic mass is 9.73. The summed E-state index contributed by atoms with van der Waals surface area (Å²) in [7, 11) is 0. The lowest BCUT2D eigenvalue weighted by Gasteiger charge is -2.41. The second-order valence-corrected chi connectivity index (χ2v) is 7.37. The minimum Gasteiger partial charge on any atom is -0.480 e. The van der Waals surface area contributed by atoms with Crippen molar-refractivity contribution >= 4 is 11.9 Å². The maximum Gasteiger partial charge on any atom is 0.320 e. The van der Waals surface area contributed by atoms with Crippen LogP contribution in [0.4, 0.5) is 0 Å². The van der Waals surface area contributed by atoms with Crippen molar-refractivity contribution in [2.24, 2.45) is 23.0 Å². The Bertz CT molecular complexity index is 409. The van der Waals surface area contributed by atoms with Crippen LogP contribution in [0, 0.1) is 17.3 Å². The van der Waals surface area contributed by atoms with E-state index in [0.717, 1.165) is 25.9 Å². The minimum absolute atomic E-state index is 0.0744. The zero-order valence-corrected chi connectivity index (χ0v) is 13.7. The predicted octanol–water partition coefficient (Wildman–Crippen LogP) is 0.663. The van der Waals surface area contributed by atoms with Gasteiger partial charge in [-0.25, -0.2) is 0 Å². The van der Waals surface area contributed by atoms with Gasteiger partial charge in [0.25, 0.3) is 0 Å². The molecule has 0 unspecified atom stereocenters. The number of aliphatic carboxylic acids is 1. The highest BCUT2D eigenvalue weighted by Crippen LogP contribution is 2.34. The summed E-state index contributed by atoms with van der Waals surface area (Å²) in [5.74, 6) is -0.145. The molecule has 2 rings (SSSR count). The second-order valence-electron chi connectivity index (χ2n) is 7.37. The number of carbonyl (C=O) groups excluding carboxylic acids is 1. The normalized spacial score (nSPS) is 27.7. The van der Waals surface area contributed by atoms with Crippen molar-refractivity contribution in [1.82, 2.24) is 10.2 Å². The van der Waals surface area contributed by atoms with Gasteiger partial charge in [0, 0.05) is 19.6 Å². The molecule has 1 amide bonds. The first-order valence-corrected chi connectivity index (χ1v) is 8.30. The fourth-order valence-electron chi connectivity index (χ4n) is 3.58. The molecule has 2 heterocycles. The molecule has 4 N–H and O–H groups in total. The van der Waals surface area contributed by atoms with Gasteiger partial charge in [0.1, 0.15) is 6.04 Å². The highest BCUT2D eigenvalue weighted by molar-refractivity contribution is 5.80. The Morgan fingerprint density at radius 1 is 1.23 bits per heavy atom. The lowest BCUT2D eigenvalue weighted by Crippen LogP contribution is -2.51. The van der Waals surface area contributed by atoms with Gasteiger partial charge < -0.3 is 21.1 Å². The number of hydrogen-bond donors (Lipinski definition) is 3. The summed E-state index contributed by atoms with van der Waals surface area (Å²) in [6.45, 7) is 7.15. The van der Waals surface area contributed by atoms with Crippen molar-refractivity contribution in [2.45, 2.75) is 45.6 Å². The number of rotatable bonds is 4. The van der Waals surface area contributed by atoms with Crippen LogP contribution in [0.15, 0.2) is 0 Å². The maximum atomic E-state index is 12.6. The third-order valence-electron chi connectivity index (χ3n) is 5.50. The van der Waals surface area contributed by atoms with Gasteiger partial charge in [0.15, 0.2) is 0 Å². The molecule has 2 fully saturated rings. The minimum atomic E-state index is -0.823. The number of nitrogens with two attached hydrogens (primary N) is 1. The lowest BCUT2D eigenvalue weighted by molar-refractivity contribution is -0.143. The van der Waals surface area contributed by atoms with E-state index in [4.69, 9.17) is 10.8 Å². The number of amides is 1. The largest absolute Gasteiger partial charge is 0.480 e. The van der Waals surface area contributed by atoms with E-state index >= 15 is 0 Å². The molecule has 0 aromatic rings. The standard InChI is InChI=1S/C16H29N3O3/c1-16(2,10-17)12-5-7-19(8-6-12)14(20)11-3-4-13(15(21)22)18-9-11/h11-13,18H,3-10,17H2,1-2H3,(H,21,22)/t11-,13-/m1/s1. The summed E-state index contributed by atoms with van der Waals surface area (Å²) in [5, 5.41) is 11.9. The number of hydrogen-bond acceptors (Lipinski definition) is 4. The average Bonchev–Trinajstić information content (AvgIpc) is 2.54. The van der Waals surface area contributed by atoms with E-state index in [2.05, 4.69) is 19.2 Å². The summed E-state index contributed by atoms with van der Waals surface area (Å²) < 4.78 is 0. The molecule has 6 heteroatoms. The fraction of sp³-hybridized carbons (Fsp3) is 0.875. The van der Waals surface area contributed by atoms with Gasteiger partial charge in [-0.2, -0.15) is 0 Å². The van der Waals surface area contributed by atoms with E-state index in [1.807, 2.05) is 4.90 Å². The van der Waals surface area contributed by atoms with Crippen molar-refractivity contribution in [3.63, 3.8) is 0 Å². The molecule has 0 saturated carbocycles. The van der Waals surface area contributed by atoms with E-state index < -0.39 is 12.0 Å². The van der Waals surface area contributed by atoms with E-state index in [9.17, 15) is 9.59 Å². The number of carboxylic acids is 1. The molecule has 0 aliphatic carbocycles. The van der Waals surface area contributed by atoms with Crippen molar-refractivity contribution in [3.05, 3.63) is 0 Å². The van der Waals surface area contributed by atoms with Crippen LogP contribution in [-0.4, -0.2) is 54.1 Å². The van der Waals surface area contributed by atoms with Gasteiger partial charge in [0.2, 0.25) is 5.91 Å². The molecule has 126 valence electrons. The Morgan fingerprint density at radius 3 is 2.32 bits per heavy atom. The highest BCUT2D eigenvalue weighted by atomic mass is 16.4. The van der Waals surface area contributed by atoms with Crippen LogP contribution in [0.2, 0.25) is 0 Å². The summed E-state index contributed by atoms with van der Waals surface area (Å²) in [5.41, 5.74) is 5.98. The van der Waals surface area contributed by atoms with Crippen LogP contribution in [0.5, 0.6) is 0 Å². The highest BCUT2D eigenvalue weighted by Gasteiger charge is 2.36. The number of likely N-dealkylation sites (tertiary alicyclic amines) is 1. The van der Waals surface area contributed by atoms with Crippen molar-refractivity contribution in [3.8, 4) is 0 Å². The number of piperidine rings is 2. The maximum absolute atomic E-state index is 12.6. The van der Waals surface area contributed by atoms with Crippen LogP contribution < -0.4 is 11.1 Å². The van der Waals surface area contributed by atoms with Gasteiger partial charge in [-0.3, -0.25) is 9.59 Å². The molecule has 0 aromatic heterocycles. The van der Waals surface area contributed by atoms with Crippen LogP contribution in [-0.2, 0) is 9.59 Å². The second kappa shape index (κ2) is 6.96. The molecule has 6 nitrogen and oxygen atoms in total. The number of carboxylic acid groups (broad SMARTS) is 1. The molecule has 22 heavy (non-hydrogen) atoms. The van der Waals surface area contributed by atoms with Gasteiger partial charge in [-0.1, -0.05) is 13.8 Å². The smallest absolute Gasteiger partial charge is 0.320 e. The number of nitrogens with zero attached hydrogens (tertiary/aromatic N) is 1. The molecule has 0 bridgehead atoms. The first kappa shape index (κ1) is 17.2. The fourth-order valence-corrected chi connectivity index (χ4v) is 3.58. The Balaban J connectivity index is 1.82. The van der Waals surface area contributed by atoms with E-state index in [1.165, 1.54) is 0 Å². The van der Waals surface area contributed by atoms with Gasteiger partial charge in [-0.15, -0.1) is 0 Å². The molecule has 0 radical (unpaired) electrons. The molecule has 2 atom stereocenters. The van der Waals surface area contributed by atoms with Crippen LogP contribution in [0.3, 0.4) is 0 Å². The molecular weight excluding hydrogens is 282 g/mol. The van der Waals surface area contributed by atoms with Crippen LogP contribution in [0.25, 0.3) is 0 Å². The first-order chi connectivity index (χ1) is 10.3. The average molecular weight is 311 g/mol. The molecule has 0 aromatic carbocycles. The van der Waals surface area contributed by atoms with Crippen LogP contribution in [0.1, 0.15) is 39.5 Å². The quantitative estimate of drug-likeness (QED) is 0.709. The Hall–Kier alpha value is -1.14. The molecule has 2 saturated heterocycles. The van der Waals surface area contributed by atoms with E-state index in [1.54, 1.807) is 0 Å². The summed E-state index contributed by atoms with van der Waals surface area (Å²) in [6.07, 6.45) is 3.21. The molecule has 0 spiro atoms. The topological polar surface area (TPSA) is 95.7 Å². The SMILES string of the molecule is CC(C)(CN)C1CCN(C(=O)[C@@H]2CC[C@H](C(=O)O)NC2)CC1. The van der Waals surface area contributed by atoms with Crippen LogP contribution >= 0.6 is 0 Å². The van der Waals surface area contributed by atoms with Gasteiger partial charge >= 0.3 is 5.97 Å². The monoisotopic (exact) mass is 311 g/mol. The molecule has 2 aliphatic heterocycles. The zero-order chi connectivity index (χ0) is 16.3. The summed E-state index contributed by atoms with van der Waals surface area (Å²) in [4.78, 5) is 25.4. The number of carbonyl (C=O) groups is 2. The zero-order valence-electron chi connectivity index (χ0n) is 13.7. The van der Waals surface area contributed by atoms with Gasteiger partial charge in [-0.05, 0) is 43.6 Å². The van der Waals surface area contributed by atoms with Gasteiger partial charge in [0.05, 0.1) is 5.92 Å². The number of nitrogens with one attached hydrogen (secondary N) is 1.